The lowest BCUT2D eigenvalue weighted by Gasteiger charge is -2.27. The SMILES string of the molecule is CCCN(c1cc(C(=O)O)cc(C)n1)C(C)C. The van der Waals surface area contributed by atoms with E-state index in [1.807, 2.05) is 6.92 Å². The summed E-state index contributed by atoms with van der Waals surface area (Å²) < 4.78 is 0. The normalized spacial score (nSPS) is 10.6. The number of carboxylic acid groups (broad SMARTS) is 1. The van der Waals surface area contributed by atoms with Crippen LogP contribution < -0.4 is 4.90 Å². The number of aryl methyl sites for hydroxylation is 1. The number of carbonyl (C=O) groups is 1. The largest absolute Gasteiger partial charge is 0.478 e. The molecule has 0 unspecified atom stereocenters. The van der Waals surface area contributed by atoms with E-state index < -0.39 is 5.97 Å². The Bertz CT molecular complexity index is 402. The Morgan fingerprint density at radius 2 is 2.12 bits per heavy atom. The highest BCUT2D eigenvalue weighted by molar-refractivity contribution is 5.88. The molecule has 1 rings (SSSR count). The molecular weight excluding hydrogens is 216 g/mol. The Labute approximate surface area is 102 Å². The van der Waals surface area contributed by atoms with Gasteiger partial charge in [0.2, 0.25) is 0 Å². The predicted octanol–water partition coefficient (Wildman–Crippen LogP) is 2.71. The second-order valence-electron chi connectivity index (χ2n) is 4.45. The molecule has 0 spiro atoms. The van der Waals surface area contributed by atoms with Crippen LogP contribution in [-0.4, -0.2) is 28.6 Å². The van der Waals surface area contributed by atoms with Crippen LogP contribution in [0.4, 0.5) is 5.82 Å². The van der Waals surface area contributed by atoms with Crippen LogP contribution in [0.2, 0.25) is 0 Å². The number of nitrogens with zero attached hydrogens (tertiary/aromatic N) is 2. The molecule has 0 fully saturated rings. The monoisotopic (exact) mass is 236 g/mol. The molecule has 94 valence electrons. The molecule has 0 atom stereocenters. The average Bonchev–Trinajstić information content (AvgIpc) is 2.24. The van der Waals surface area contributed by atoms with Crippen molar-refractivity contribution in [3.8, 4) is 0 Å². The van der Waals surface area contributed by atoms with E-state index in [-0.39, 0.29) is 0 Å². The molecule has 4 heteroatoms. The summed E-state index contributed by atoms with van der Waals surface area (Å²) in [5.74, 6) is -0.156. The van der Waals surface area contributed by atoms with Crippen molar-refractivity contribution in [3.05, 3.63) is 23.4 Å². The number of anilines is 1. The van der Waals surface area contributed by atoms with E-state index in [4.69, 9.17) is 5.11 Å². The lowest BCUT2D eigenvalue weighted by Crippen LogP contribution is -2.32. The van der Waals surface area contributed by atoms with E-state index in [1.54, 1.807) is 12.1 Å². The smallest absolute Gasteiger partial charge is 0.335 e. The van der Waals surface area contributed by atoms with Crippen LogP contribution in [0.5, 0.6) is 0 Å². The molecule has 0 amide bonds. The molecule has 0 saturated heterocycles. The van der Waals surface area contributed by atoms with Crippen molar-refractivity contribution in [2.24, 2.45) is 0 Å². The minimum atomic E-state index is -0.906. The Kier molecular flexibility index (Phi) is 4.49. The van der Waals surface area contributed by atoms with E-state index >= 15 is 0 Å². The van der Waals surface area contributed by atoms with Gasteiger partial charge in [0, 0.05) is 18.3 Å². The maximum atomic E-state index is 11.0. The number of rotatable bonds is 5. The van der Waals surface area contributed by atoms with E-state index in [1.165, 1.54) is 0 Å². The first-order valence-electron chi connectivity index (χ1n) is 5.94. The summed E-state index contributed by atoms with van der Waals surface area (Å²) in [4.78, 5) is 17.6. The Morgan fingerprint density at radius 3 is 2.59 bits per heavy atom. The van der Waals surface area contributed by atoms with Gasteiger partial charge in [0.05, 0.1) is 5.56 Å². The van der Waals surface area contributed by atoms with Crippen LogP contribution >= 0.6 is 0 Å². The molecule has 1 aromatic heterocycles. The summed E-state index contributed by atoms with van der Waals surface area (Å²) in [6.07, 6.45) is 1.01. The van der Waals surface area contributed by atoms with Crippen molar-refractivity contribution in [2.45, 2.75) is 40.2 Å². The first-order chi connectivity index (χ1) is 7.95. The van der Waals surface area contributed by atoms with Crippen molar-refractivity contribution in [3.63, 3.8) is 0 Å². The summed E-state index contributed by atoms with van der Waals surface area (Å²) in [7, 11) is 0. The fourth-order valence-corrected chi connectivity index (χ4v) is 1.80. The van der Waals surface area contributed by atoms with Crippen LogP contribution in [0, 0.1) is 6.92 Å². The van der Waals surface area contributed by atoms with Crippen LogP contribution in [0.25, 0.3) is 0 Å². The molecule has 0 aliphatic rings. The first kappa shape index (κ1) is 13.5. The molecule has 0 bridgehead atoms. The van der Waals surface area contributed by atoms with Crippen LogP contribution in [-0.2, 0) is 0 Å². The average molecular weight is 236 g/mol. The molecule has 1 heterocycles. The molecule has 4 nitrogen and oxygen atoms in total. The van der Waals surface area contributed by atoms with Crippen LogP contribution in [0.3, 0.4) is 0 Å². The number of hydrogen-bond donors (Lipinski definition) is 1. The second-order valence-corrected chi connectivity index (χ2v) is 4.45. The lowest BCUT2D eigenvalue weighted by atomic mass is 10.2. The van der Waals surface area contributed by atoms with Gasteiger partial charge in [-0.1, -0.05) is 6.92 Å². The van der Waals surface area contributed by atoms with Gasteiger partial charge in [0.1, 0.15) is 5.82 Å². The second kappa shape index (κ2) is 5.66. The fourth-order valence-electron chi connectivity index (χ4n) is 1.80. The summed E-state index contributed by atoms with van der Waals surface area (Å²) in [6.45, 7) is 8.97. The van der Waals surface area contributed by atoms with E-state index in [9.17, 15) is 4.79 Å². The number of pyridine rings is 1. The van der Waals surface area contributed by atoms with Gasteiger partial charge in [-0.25, -0.2) is 9.78 Å². The Morgan fingerprint density at radius 1 is 1.47 bits per heavy atom. The highest BCUT2D eigenvalue weighted by Gasteiger charge is 2.14. The molecule has 0 aromatic carbocycles. The summed E-state index contributed by atoms with van der Waals surface area (Å²) in [5, 5.41) is 9.04. The van der Waals surface area contributed by atoms with E-state index in [2.05, 4.69) is 30.7 Å². The molecule has 0 aliphatic carbocycles. The highest BCUT2D eigenvalue weighted by Crippen LogP contribution is 2.18. The molecule has 1 aromatic rings. The Balaban J connectivity index is 3.14. The van der Waals surface area contributed by atoms with Crippen molar-refractivity contribution in [1.82, 2.24) is 4.98 Å². The zero-order chi connectivity index (χ0) is 13.0. The summed E-state index contributed by atoms with van der Waals surface area (Å²) >= 11 is 0. The zero-order valence-electron chi connectivity index (χ0n) is 10.9. The number of aromatic nitrogens is 1. The van der Waals surface area contributed by atoms with Gasteiger partial charge >= 0.3 is 5.97 Å². The van der Waals surface area contributed by atoms with Crippen molar-refractivity contribution in [2.75, 3.05) is 11.4 Å². The van der Waals surface area contributed by atoms with Gasteiger partial charge in [-0.2, -0.15) is 0 Å². The molecule has 17 heavy (non-hydrogen) atoms. The minimum absolute atomic E-state index is 0.300. The lowest BCUT2D eigenvalue weighted by molar-refractivity contribution is 0.0696. The highest BCUT2D eigenvalue weighted by atomic mass is 16.4. The topological polar surface area (TPSA) is 53.4 Å². The predicted molar refractivity (Wildman–Crippen MR) is 68.7 cm³/mol. The van der Waals surface area contributed by atoms with Crippen molar-refractivity contribution in [1.29, 1.82) is 0 Å². The third kappa shape index (κ3) is 3.44. The fraction of sp³-hybridized carbons (Fsp3) is 0.538. The third-order valence-corrected chi connectivity index (χ3v) is 2.57. The third-order valence-electron chi connectivity index (χ3n) is 2.57. The Hall–Kier alpha value is -1.58. The van der Waals surface area contributed by atoms with Gasteiger partial charge < -0.3 is 10.0 Å². The van der Waals surface area contributed by atoms with Crippen molar-refractivity contribution < 1.29 is 9.90 Å². The molecule has 0 saturated carbocycles. The number of hydrogen-bond acceptors (Lipinski definition) is 3. The molecule has 0 aliphatic heterocycles. The van der Waals surface area contributed by atoms with Gasteiger partial charge in [0.25, 0.3) is 0 Å². The van der Waals surface area contributed by atoms with Gasteiger partial charge in [0.15, 0.2) is 0 Å². The van der Waals surface area contributed by atoms with Gasteiger partial charge in [-0.05, 0) is 39.3 Å². The molecular formula is C13H20N2O2. The summed E-state index contributed by atoms with van der Waals surface area (Å²) in [5.41, 5.74) is 1.04. The molecule has 0 radical (unpaired) electrons. The van der Waals surface area contributed by atoms with E-state index in [0.717, 1.165) is 24.5 Å². The zero-order valence-corrected chi connectivity index (χ0v) is 10.9. The standard InChI is InChI=1S/C13H20N2O2/c1-5-6-15(9(2)3)12-8-11(13(16)17)7-10(4)14-12/h7-9H,5-6H2,1-4H3,(H,16,17). The van der Waals surface area contributed by atoms with Crippen molar-refractivity contribution >= 4 is 11.8 Å². The van der Waals surface area contributed by atoms with E-state index in [0.29, 0.717) is 11.6 Å². The first-order valence-corrected chi connectivity index (χ1v) is 5.94. The van der Waals surface area contributed by atoms with Crippen LogP contribution in [0.1, 0.15) is 43.2 Å². The van der Waals surface area contributed by atoms with Crippen LogP contribution in [0.15, 0.2) is 12.1 Å². The minimum Gasteiger partial charge on any atom is -0.478 e. The maximum absolute atomic E-state index is 11.0. The number of carboxylic acids is 1. The van der Waals surface area contributed by atoms with Gasteiger partial charge in [-0.15, -0.1) is 0 Å². The number of aromatic carboxylic acids is 1. The van der Waals surface area contributed by atoms with Gasteiger partial charge in [-0.3, -0.25) is 0 Å². The maximum Gasteiger partial charge on any atom is 0.335 e. The molecule has 1 N–H and O–H groups in total. The quantitative estimate of drug-likeness (QED) is 0.854. The summed E-state index contributed by atoms with van der Waals surface area (Å²) in [6, 6.07) is 3.55.